The second-order valence-corrected chi connectivity index (χ2v) is 6.94. The Labute approximate surface area is 160 Å². The van der Waals surface area contributed by atoms with Crippen molar-refractivity contribution in [1.29, 1.82) is 0 Å². The zero-order chi connectivity index (χ0) is 18.4. The minimum absolute atomic E-state index is 0.184. The molecule has 2 N–H and O–H groups in total. The number of unbranched alkanes of at least 4 members (excludes halogenated alkanes) is 1. The van der Waals surface area contributed by atoms with Crippen LogP contribution in [0.3, 0.4) is 0 Å². The third-order valence-electron chi connectivity index (χ3n) is 5.81. The summed E-state index contributed by atoms with van der Waals surface area (Å²) in [5.74, 6) is 4.68. The maximum atomic E-state index is 8.64. The van der Waals surface area contributed by atoms with Gasteiger partial charge in [0, 0.05) is 13.1 Å². The van der Waals surface area contributed by atoms with Crippen molar-refractivity contribution in [2.24, 2.45) is 29.6 Å². The first-order valence-corrected chi connectivity index (χ1v) is 11.2. The van der Waals surface area contributed by atoms with E-state index in [0.717, 1.165) is 49.0 Å². The molecule has 1 aliphatic rings. The molecule has 0 aromatic rings. The van der Waals surface area contributed by atoms with E-state index >= 15 is 0 Å². The molecule has 0 radical (unpaired) electrons. The van der Waals surface area contributed by atoms with Gasteiger partial charge >= 0.3 is 28.7 Å². The van der Waals surface area contributed by atoms with E-state index in [4.69, 9.17) is 10.2 Å². The molecule has 1 rings (SSSR count). The summed E-state index contributed by atoms with van der Waals surface area (Å²) in [6.45, 7) is 16.8. The van der Waals surface area contributed by atoms with Gasteiger partial charge in [0.25, 0.3) is 0 Å². The van der Waals surface area contributed by atoms with Gasteiger partial charge in [0.2, 0.25) is 0 Å². The van der Waals surface area contributed by atoms with Crippen LogP contribution in [0.15, 0.2) is 0 Å². The van der Waals surface area contributed by atoms with Crippen LogP contribution in [0.1, 0.15) is 54.4 Å². The van der Waals surface area contributed by atoms with E-state index in [2.05, 4.69) is 55.7 Å². The third-order valence-corrected chi connectivity index (χ3v) is 5.81. The van der Waals surface area contributed by atoms with Crippen LogP contribution in [0.5, 0.6) is 0 Å². The van der Waals surface area contributed by atoms with Gasteiger partial charge in [-0.1, -0.05) is 48.0 Å². The summed E-state index contributed by atoms with van der Waals surface area (Å²) in [4.78, 5) is 2.07. The molecule has 0 aromatic carbocycles. The maximum absolute atomic E-state index is 8.64. The van der Waals surface area contributed by atoms with Crippen molar-refractivity contribution in [3.63, 3.8) is 0 Å². The number of hydrogen-bond acceptors (Lipinski definition) is 3. The van der Waals surface area contributed by atoms with Gasteiger partial charge in [-0.05, 0) is 42.6 Å². The van der Waals surface area contributed by atoms with Crippen molar-refractivity contribution >= 4 is 9.30 Å². The summed E-state index contributed by atoms with van der Waals surface area (Å²) in [5.41, 5.74) is 0. The van der Waals surface area contributed by atoms with Gasteiger partial charge in [0.05, 0.1) is 13.2 Å². The standard InChI is InChI=1S/C10H20.C8H19NO2.ClH.Ti/c1-6-7(2)9(4)10(5)8(6)3;1-2-3-4-9(5-7-10)6-8-11;;/h6-10H,1-5H3;10-11H,2-8H2,1H3;1H;/q;;;+2/p-1. The van der Waals surface area contributed by atoms with Gasteiger partial charge in [0.15, 0.2) is 0 Å². The molecular formula is C18H39ClNO2Ti+. The predicted octanol–water partition coefficient (Wildman–Crippen LogP) is 3.94. The van der Waals surface area contributed by atoms with E-state index in [0.29, 0.717) is 13.1 Å². The summed E-state index contributed by atoms with van der Waals surface area (Å²) in [5, 5.41) is 17.3. The SMILES string of the molecule is CC1C(C)C(C)C(C)C1C.CCCCN(CCO)CCO.[Cl][Ti+]. The zero-order valence-electron chi connectivity index (χ0n) is 16.1. The first-order chi connectivity index (χ1) is 10.9. The van der Waals surface area contributed by atoms with Crippen molar-refractivity contribution in [1.82, 2.24) is 4.90 Å². The van der Waals surface area contributed by atoms with Gasteiger partial charge in [0.1, 0.15) is 0 Å². The molecule has 1 aliphatic carbocycles. The predicted molar refractivity (Wildman–Crippen MR) is 97.2 cm³/mol. The van der Waals surface area contributed by atoms with Crippen molar-refractivity contribution in [3.05, 3.63) is 0 Å². The molecule has 0 unspecified atom stereocenters. The molecule has 0 saturated heterocycles. The molecule has 0 aromatic heterocycles. The van der Waals surface area contributed by atoms with Gasteiger partial charge in [-0.3, -0.25) is 4.90 Å². The van der Waals surface area contributed by atoms with Crippen LogP contribution in [0.25, 0.3) is 0 Å². The van der Waals surface area contributed by atoms with E-state index in [1.807, 2.05) is 0 Å². The van der Waals surface area contributed by atoms with Crippen LogP contribution < -0.4 is 0 Å². The summed E-state index contributed by atoms with van der Waals surface area (Å²) < 4.78 is 0. The number of nitrogens with zero attached hydrogens (tertiary/aromatic N) is 1. The van der Waals surface area contributed by atoms with Crippen LogP contribution >= 0.6 is 9.30 Å². The monoisotopic (exact) mass is 384 g/mol. The molecule has 0 bridgehead atoms. The Kier molecular flexibility index (Phi) is 18.6. The Hall–Kier alpha value is 0.884. The molecule has 1 saturated carbocycles. The average molecular weight is 385 g/mol. The summed E-state index contributed by atoms with van der Waals surface area (Å²) in [7, 11) is 4.64. The van der Waals surface area contributed by atoms with Crippen molar-refractivity contribution in [2.45, 2.75) is 54.4 Å². The quantitative estimate of drug-likeness (QED) is 0.653. The number of rotatable bonds is 7. The number of aliphatic hydroxyl groups is 2. The summed E-state index contributed by atoms with van der Waals surface area (Å²) in [6, 6.07) is 0. The Morgan fingerprint density at radius 2 is 1.04 bits per heavy atom. The fourth-order valence-corrected chi connectivity index (χ4v) is 3.39. The van der Waals surface area contributed by atoms with Crippen LogP contribution in [-0.2, 0) is 19.4 Å². The topological polar surface area (TPSA) is 43.7 Å². The van der Waals surface area contributed by atoms with Crippen molar-refractivity contribution < 1.29 is 29.6 Å². The number of hydrogen-bond donors (Lipinski definition) is 2. The number of halogens is 1. The van der Waals surface area contributed by atoms with E-state index in [1.54, 1.807) is 0 Å². The first-order valence-electron chi connectivity index (χ1n) is 9.03. The van der Waals surface area contributed by atoms with Crippen LogP contribution in [0.2, 0.25) is 0 Å². The third kappa shape index (κ3) is 10.5. The molecular weight excluding hydrogens is 346 g/mol. The Bertz CT molecular complexity index is 208. The number of aliphatic hydroxyl groups excluding tert-OH is 2. The molecule has 0 amide bonds. The molecule has 0 spiro atoms. The second-order valence-electron chi connectivity index (χ2n) is 6.94. The van der Waals surface area contributed by atoms with Gasteiger partial charge in [-0.25, -0.2) is 0 Å². The van der Waals surface area contributed by atoms with E-state index < -0.39 is 0 Å². The molecule has 138 valence electrons. The molecule has 0 aliphatic heterocycles. The van der Waals surface area contributed by atoms with Crippen LogP contribution in [-0.4, -0.2) is 48.0 Å². The molecule has 1 fully saturated rings. The molecule has 0 heterocycles. The Balaban J connectivity index is 0. The Morgan fingerprint density at radius 1 is 0.739 bits per heavy atom. The minimum atomic E-state index is 0.184. The molecule has 3 nitrogen and oxygen atoms in total. The molecule has 23 heavy (non-hydrogen) atoms. The van der Waals surface area contributed by atoms with E-state index in [9.17, 15) is 0 Å². The summed E-state index contributed by atoms with van der Waals surface area (Å²) >= 11 is 1.47. The average Bonchev–Trinajstić information content (AvgIpc) is 2.73. The Morgan fingerprint density at radius 3 is 1.26 bits per heavy atom. The fourth-order valence-electron chi connectivity index (χ4n) is 3.39. The zero-order valence-corrected chi connectivity index (χ0v) is 18.4. The van der Waals surface area contributed by atoms with Crippen LogP contribution in [0, 0.1) is 29.6 Å². The van der Waals surface area contributed by atoms with Crippen molar-refractivity contribution in [3.8, 4) is 0 Å². The van der Waals surface area contributed by atoms with Gasteiger partial charge < -0.3 is 10.2 Å². The van der Waals surface area contributed by atoms with E-state index in [1.165, 1.54) is 19.4 Å². The van der Waals surface area contributed by atoms with E-state index in [-0.39, 0.29) is 13.2 Å². The normalized spacial score (nSPS) is 29.5. The van der Waals surface area contributed by atoms with Gasteiger partial charge in [-0.2, -0.15) is 0 Å². The van der Waals surface area contributed by atoms with Gasteiger partial charge in [-0.15, -0.1) is 0 Å². The summed E-state index contributed by atoms with van der Waals surface area (Å²) in [6.07, 6.45) is 2.30. The molecule has 0 atom stereocenters. The van der Waals surface area contributed by atoms with Crippen molar-refractivity contribution in [2.75, 3.05) is 32.8 Å². The fraction of sp³-hybridized carbons (Fsp3) is 1.00. The first kappa shape index (κ1) is 26.1. The second kappa shape index (κ2) is 16.4. The van der Waals surface area contributed by atoms with Crippen LogP contribution in [0.4, 0.5) is 0 Å². The molecule has 5 heteroatoms.